The summed E-state index contributed by atoms with van der Waals surface area (Å²) in [6.07, 6.45) is -0.411. The number of methoxy groups -OCH3 is 1. The van der Waals surface area contributed by atoms with Crippen molar-refractivity contribution in [2.45, 2.75) is 23.9 Å². The summed E-state index contributed by atoms with van der Waals surface area (Å²) in [4.78, 5) is 19.2. The Morgan fingerprint density at radius 2 is 1.70 bits per heavy atom. The molecule has 1 aromatic heterocycles. The summed E-state index contributed by atoms with van der Waals surface area (Å²) < 4.78 is 35.0. The van der Waals surface area contributed by atoms with Gasteiger partial charge < -0.3 is 20.1 Å². The lowest BCUT2D eigenvalue weighted by atomic mass is 10.0. The molecule has 0 radical (unpaired) electrons. The third-order valence-electron chi connectivity index (χ3n) is 6.44. The van der Waals surface area contributed by atoms with E-state index >= 15 is 0 Å². The number of nitrogens with one attached hydrogen (secondary N) is 3. The van der Waals surface area contributed by atoms with Crippen LogP contribution in [-0.4, -0.2) is 36.6 Å². The van der Waals surface area contributed by atoms with Gasteiger partial charge in [0, 0.05) is 6.54 Å². The molecule has 0 saturated heterocycles. The number of aliphatic carboxylic acids is 1. The molecule has 0 saturated carbocycles. The van der Waals surface area contributed by atoms with E-state index in [-0.39, 0.29) is 10.6 Å². The van der Waals surface area contributed by atoms with Gasteiger partial charge in [0.15, 0.2) is 0 Å². The van der Waals surface area contributed by atoms with Gasteiger partial charge in [-0.05, 0) is 52.6 Å². The van der Waals surface area contributed by atoms with Crippen LogP contribution in [0.5, 0.6) is 5.75 Å². The number of fused-ring (bicyclic) bond motifs is 1. The van der Waals surface area contributed by atoms with E-state index in [2.05, 4.69) is 20.0 Å². The van der Waals surface area contributed by atoms with Crippen LogP contribution in [0.1, 0.15) is 23.6 Å². The summed E-state index contributed by atoms with van der Waals surface area (Å²) >= 11 is 0. The van der Waals surface area contributed by atoms with Gasteiger partial charge >= 0.3 is 5.97 Å². The number of H-pyrrole nitrogens is 1. The van der Waals surface area contributed by atoms with Crippen molar-refractivity contribution in [2.75, 3.05) is 12.4 Å². The number of carbonyl (C=O) groups is 1. The smallest absolute Gasteiger partial charge is 0.305 e. The van der Waals surface area contributed by atoms with Crippen LogP contribution in [0.15, 0.2) is 102 Å². The first-order valence-corrected chi connectivity index (χ1v) is 14.1. The second-order valence-corrected chi connectivity index (χ2v) is 10.9. The van der Waals surface area contributed by atoms with Crippen LogP contribution in [0.2, 0.25) is 0 Å². The lowest BCUT2D eigenvalue weighted by Crippen LogP contribution is -2.30. The van der Waals surface area contributed by atoms with Crippen LogP contribution in [0, 0.1) is 0 Å². The highest BCUT2D eigenvalue weighted by Crippen LogP contribution is 2.32. The summed E-state index contributed by atoms with van der Waals surface area (Å²) in [5.74, 6) is -0.309. The van der Waals surface area contributed by atoms with Crippen molar-refractivity contribution in [3.8, 4) is 16.9 Å². The van der Waals surface area contributed by atoms with Crippen LogP contribution in [0.3, 0.4) is 0 Å². The Balaban J connectivity index is 1.40. The molecular weight excluding hydrogens is 528 g/mol. The highest BCUT2D eigenvalue weighted by molar-refractivity contribution is 7.89. The summed E-state index contributed by atoms with van der Waals surface area (Å²) in [6.45, 7) is 0.504. The molecule has 10 heteroatoms. The molecule has 0 bridgehead atoms. The molecule has 0 unspecified atom stereocenters. The predicted octanol–water partition coefficient (Wildman–Crippen LogP) is 5.34. The van der Waals surface area contributed by atoms with E-state index < -0.39 is 28.5 Å². The van der Waals surface area contributed by atoms with Crippen molar-refractivity contribution in [2.24, 2.45) is 0 Å². The standard InChI is InChI=1S/C30H28N4O5S/c1-39-27-15-14-23(17-28(27)40(37,38)34-26(18-29(35)36)21-9-3-2-4-10-21)22-11-7-8-20(16-22)19-31-30-32-24-12-5-6-13-25(24)33-30/h2-17,26,34H,18-19H2,1H3,(H,35,36)(H2,31,32,33)/t26-/m0/s1. The molecule has 0 spiro atoms. The molecule has 0 aliphatic rings. The normalized spacial score (nSPS) is 12.2. The molecule has 204 valence electrons. The first-order valence-electron chi connectivity index (χ1n) is 12.6. The van der Waals surface area contributed by atoms with E-state index in [1.165, 1.54) is 13.2 Å². The molecule has 0 amide bonds. The van der Waals surface area contributed by atoms with Crippen molar-refractivity contribution in [1.29, 1.82) is 0 Å². The van der Waals surface area contributed by atoms with E-state index in [4.69, 9.17) is 4.74 Å². The molecule has 4 N–H and O–H groups in total. The second kappa shape index (κ2) is 11.6. The van der Waals surface area contributed by atoms with Gasteiger partial charge in [-0.25, -0.2) is 18.1 Å². The Labute approximate surface area is 231 Å². The van der Waals surface area contributed by atoms with Gasteiger partial charge in [0.05, 0.1) is 30.6 Å². The minimum atomic E-state index is -4.16. The Hall–Kier alpha value is -4.67. The third-order valence-corrected chi connectivity index (χ3v) is 7.93. The van der Waals surface area contributed by atoms with E-state index in [0.29, 0.717) is 23.6 Å². The SMILES string of the molecule is COc1ccc(-c2cccc(CNc3nc4ccccc4[nH]3)c2)cc1S(=O)(=O)N[C@@H](CC(=O)O)c1ccccc1. The molecule has 0 fully saturated rings. The van der Waals surface area contributed by atoms with Crippen molar-refractivity contribution in [1.82, 2.24) is 14.7 Å². The number of aromatic amines is 1. The molecule has 1 atom stereocenters. The lowest BCUT2D eigenvalue weighted by Gasteiger charge is -2.19. The van der Waals surface area contributed by atoms with E-state index in [9.17, 15) is 18.3 Å². The number of nitrogens with zero attached hydrogens (tertiary/aromatic N) is 1. The zero-order valence-corrected chi connectivity index (χ0v) is 22.5. The minimum absolute atomic E-state index is 0.0791. The van der Waals surface area contributed by atoms with Crippen LogP contribution in [0.25, 0.3) is 22.2 Å². The number of benzene rings is 4. The van der Waals surface area contributed by atoms with E-state index in [0.717, 1.165) is 22.2 Å². The Morgan fingerprint density at radius 3 is 2.45 bits per heavy atom. The summed E-state index contributed by atoms with van der Waals surface area (Å²) in [7, 11) is -2.77. The fourth-order valence-electron chi connectivity index (χ4n) is 4.49. The van der Waals surface area contributed by atoms with E-state index in [1.807, 2.05) is 48.5 Å². The average molecular weight is 557 g/mol. The van der Waals surface area contributed by atoms with Crippen molar-refractivity contribution >= 4 is 33.0 Å². The Morgan fingerprint density at radius 1 is 0.950 bits per heavy atom. The predicted molar refractivity (Wildman–Crippen MR) is 154 cm³/mol. The largest absolute Gasteiger partial charge is 0.495 e. The maximum atomic E-state index is 13.6. The van der Waals surface area contributed by atoms with Crippen molar-refractivity contribution in [3.63, 3.8) is 0 Å². The third kappa shape index (κ3) is 6.14. The maximum absolute atomic E-state index is 13.6. The quantitative estimate of drug-likeness (QED) is 0.172. The molecule has 0 aliphatic carbocycles. The highest BCUT2D eigenvalue weighted by atomic mass is 32.2. The monoisotopic (exact) mass is 556 g/mol. The van der Waals surface area contributed by atoms with Crippen LogP contribution in [-0.2, 0) is 21.4 Å². The van der Waals surface area contributed by atoms with Crippen molar-refractivity contribution < 1.29 is 23.1 Å². The number of carboxylic acids is 1. The zero-order chi connectivity index (χ0) is 28.1. The van der Waals surface area contributed by atoms with Gasteiger partial charge in [0.25, 0.3) is 0 Å². The zero-order valence-electron chi connectivity index (χ0n) is 21.7. The Kier molecular flexibility index (Phi) is 7.81. The molecule has 5 rings (SSSR count). The first kappa shape index (κ1) is 26.9. The van der Waals surface area contributed by atoms with Gasteiger partial charge in [0.1, 0.15) is 10.6 Å². The number of hydrogen-bond acceptors (Lipinski definition) is 6. The summed E-state index contributed by atoms with van der Waals surface area (Å²) in [5.41, 5.74) is 4.82. The molecule has 9 nitrogen and oxygen atoms in total. The highest BCUT2D eigenvalue weighted by Gasteiger charge is 2.26. The number of imidazole rings is 1. The molecule has 40 heavy (non-hydrogen) atoms. The topological polar surface area (TPSA) is 133 Å². The second-order valence-electron chi connectivity index (χ2n) is 9.20. The molecule has 4 aromatic carbocycles. The minimum Gasteiger partial charge on any atom is -0.495 e. The number of carboxylic acid groups (broad SMARTS) is 1. The van der Waals surface area contributed by atoms with Gasteiger partial charge in [0.2, 0.25) is 16.0 Å². The number of rotatable bonds is 11. The Bertz CT molecular complexity index is 1720. The molecule has 1 heterocycles. The number of aromatic nitrogens is 2. The summed E-state index contributed by atoms with van der Waals surface area (Å²) in [5, 5.41) is 12.7. The number of anilines is 1. The number of para-hydroxylation sites is 2. The molecular formula is C30H28N4O5S. The van der Waals surface area contributed by atoms with Crippen LogP contribution in [0.4, 0.5) is 5.95 Å². The average Bonchev–Trinajstić information content (AvgIpc) is 3.39. The first-order chi connectivity index (χ1) is 19.3. The van der Waals surface area contributed by atoms with E-state index in [1.54, 1.807) is 42.5 Å². The molecule has 5 aromatic rings. The lowest BCUT2D eigenvalue weighted by molar-refractivity contribution is -0.137. The summed E-state index contributed by atoms with van der Waals surface area (Å²) in [6, 6.07) is 28.1. The van der Waals surface area contributed by atoms with Crippen LogP contribution < -0.4 is 14.8 Å². The number of ether oxygens (including phenoxy) is 1. The number of hydrogen-bond donors (Lipinski definition) is 4. The fraction of sp³-hybridized carbons (Fsp3) is 0.133. The molecule has 0 aliphatic heterocycles. The van der Waals surface area contributed by atoms with Gasteiger partial charge in [-0.1, -0.05) is 66.7 Å². The van der Waals surface area contributed by atoms with Gasteiger partial charge in [-0.15, -0.1) is 0 Å². The number of sulfonamides is 1. The van der Waals surface area contributed by atoms with Gasteiger partial charge in [-0.3, -0.25) is 4.79 Å². The fourth-order valence-corrected chi connectivity index (χ4v) is 5.91. The van der Waals surface area contributed by atoms with Crippen LogP contribution >= 0.6 is 0 Å². The van der Waals surface area contributed by atoms with Crippen molar-refractivity contribution in [3.05, 3.63) is 108 Å². The van der Waals surface area contributed by atoms with Gasteiger partial charge in [-0.2, -0.15) is 0 Å². The maximum Gasteiger partial charge on any atom is 0.305 e.